The molecule has 1 amide bonds. The Morgan fingerprint density at radius 3 is 2.89 bits per heavy atom. The van der Waals surface area contributed by atoms with Crippen molar-refractivity contribution in [3.05, 3.63) is 71.4 Å². The number of nitrogens with zero attached hydrogens (tertiary/aromatic N) is 2. The summed E-state index contributed by atoms with van der Waals surface area (Å²) >= 11 is 1.45. The molecule has 5 nitrogen and oxygen atoms in total. The molecule has 0 aliphatic heterocycles. The van der Waals surface area contributed by atoms with Gasteiger partial charge in [-0.1, -0.05) is 37.3 Å². The van der Waals surface area contributed by atoms with Crippen LogP contribution >= 0.6 is 11.3 Å². The number of thiazole rings is 1. The first-order chi connectivity index (χ1) is 13.2. The topological polar surface area (TPSA) is 55.6 Å². The van der Waals surface area contributed by atoms with Gasteiger partial charge in [-0.3, -0.25) is 9.20 Å². The Morgan fingerprint density at radius 1 is 1.22 bits per heavy atom. The van der Waals surface area contributed by atoms with Crippen LogP contribution in [0, 0.1) is 0 Å². The Balaban J connectivity index is 1.66. The van der Waals surface area contributed by atoms with Gasteiger partial charge in [0.2, 0.25) is 0 Å². The molecule has 2 aromatic heterocycles. The fraction of sp³-hybridized carbons (Fsp3) is 0.143. The maximum atomic E-state index is 12.8. The van der Waals surface area contributed by atoms with Crippen LogP contribution in [0.3, 0.4) is 0 Å². The number of carbonyl (C=O) groups is 1. The average molecular weight is 377 g/mol. The number of para-hydroxylation sites is 1. The smallest absolute Gasteiger partial charge is 0.273 e. The molecule has 0 spiro atoms. The van der Waals surface area contributed by atoms with Crippen LogP contribution in [-0.4, -0.2) is 22.4 Å². The Hall–Kier alpha value is -3.12. The van der Waals surface area contributed by atoms with Crippen LogP contribution < -0.4 is 10.1 Å². The predicted molar refractivity (Wildman–Crippen MR) is 109 cm³/mol. The molecular formula is C21H19N3O2S. The monoisotopic (exact) mass is 377 g/mol. The molecule has 4 aromatic rings. The second-order valence-corrected chi connectivity index (χ2v) is 6.93. The molecule has 0 radical (unpaired) electrons. The van der Waals surface area contributed by atoms with Crippen LogP contribution in [0.2, 0.25) is 0 Å². The van der Waals surface area contributed by atoms with Gasteiger partial charge < -0.3 is 10.1 Å². The molecule has 2 heterocycles. The molecule has 0 aliphatic rings. The van der Waals surface area contributed by atoms with Gasteiger partial charge >= 0.3 is 0 Å². The fourth-order valence-corrected chi connectivity index (χ4v) is 3.86. The lowest BCUT2D eigenvalue weighted by Crippen LogP contribution is -2.15. The molecule has 0 fully saturated rings. The molecule has 0 unspecified atom stereocenters. The summed E-state index contributed by atoms with van der Waals surface area (Å²) < 4.78 is 7.12. The predicted octanol–water partition coefficient (Wildman–Crippen LogP) is 4.89. The number of aromatic nitrogens is 2. The van der Waals surface area contributed by atoms with Crippen molar-refractivity contribution < 1.29 is 9.53 Å². The zero-order chi connectivity index (χ0) is 18.8. The maximum Gasteiger partial charge on any atom is 0.273 e. The molecule has 2 aromatic carbocycles. The molecule has 136 valence electrons. The first kappa shape index (κ1) is 17.3. The van der Waals surface area contributed by atoms with E-state index in [0.29, 0.717) is 5.69 Å². The molecule has 0 bridgehead atoms. The van der Waals surface area contributed by atoms with Crippen molar-refractivity contribution in [3.63, 3.8) is 0 Å². The number of anilines is 1. The highest BCUT2D eigenvalue weighted by Crippen LogP contribution is 2.27. The summed E-state index contributed by atoms with van der Waals surface area (Å²) in [5, 5.41) is 4.86. The zero-order valence-corrected chi connectivity index (χ0v) is 15.9. The van der Waals surface area contributed by atoms with E-state index in [0.717, 1.165) is 39.6 Å². The first-order valence-corrected chi connectivity index (χ1v) is 9.58. The largest absolute Gasteiger partial charge is 0.497 e. The Morgan fingerprint density at radius 2 is 2.07 bits per heavy atom. The number of methoxy groups -OCH3 is 1. The average Bonchev–Trinajstić information content (AvgIpc) is 3.29. The number of hydrogen-bond acceptors (Lipinski definition) is 4. The minimum absolute atomic E-state index is 0.142. The second kappa shape index (κ2) is 7.25. The summed E-state index contributed by atoms with van der Waals surface area (Å²) in [6.45, 7) is 2.07. The summed E-state index contributed by atoms with van der Waals surface area (Å²) in [5.41, 5.74) is 4.29. The third-order valence-electron chi connectivity index (χ3n) is 4.45. The molecule has 6 heteroatoms. The Bertz CT molecular complexity index is 1110. The standard InChI is InChI=1S/C21H19N3O2S/c1-3-14-7-4-5-10-17(14)22-20(25)19-13-27-21-23-18(12-24(19)21)15-8-6-9-16(11-15)26-2/h4-13H,3H2,1-2H3,(H,22,25). The molecule has 0 aliphatic carbocycles. The highest BCUT2D eigenvalue weighted by molar-refractivity contribution is 7.15. The molecule has 27 heavy (non-hydrogen) atoms. The van der Waals surface area contributed by atoms with Crippen LogP contribution in [0.15, 0.2) is 60.1 Å². The van der Waals surface area contributed by atoms with E-state index in [2.05, 4.69) is 17.2 Å². The lowest BCUT2D eigenvalue weighted by Gasteiger charge is -2.09. The highest BCUT2D eigenvalue weighted by atomic mass is 32.1. The molecule has 4 rings (SSSR count). The van der Waals surface area contributed by atoms with E-state index in [9.17, 15) is 4.79 Å². The molecule has 0 atom stereocenters. The number of carbonyl (C=O) groups excluding carboxylic acids is 1. The molecule has 0 saturated heterocycles. The second-order valence-electron chi connectivity index (χ2n) is 6.10. The van der Waals surface area contributed by atoms with Crippen LogP contribution in [0.25, 0.3) is 16.2 Å². The Labute approximate surface area is 161 Å². The summed E-state index contributed by atoms with van der Waals surface area (Å²) in [6.07, 6.45) is 2.75. The summed E-state index contributed by atoms with van der Waals surface area (Å²) in [5.74, 6) is 0.634. The SMILES string of the molecule is CCc1ccccc1NC(=O)c1csc2nc(-c3cccc(OC)c3)cn12. The van der Waals surface area contributed by atoms with Gasteiger partial charge in [-0.15, -0.1) is 11.3 Å². The Kier molecular flexibility index (Phi) is 4.64. The van der Waals surface area contributed by atoms with Gasteiger partial charge in [0.1, 0.15) is 11.4 Å². The van der Waals surface area contributed by atoms with E-state index < -0.39 is 0 Å². The van der Waals surface area contributed by atoms with Crippen LogP contribution in [0.1, 0.15) is 23.0 Å². The number of rotatable bonds is 5. The van der Waals surface area contributed by atoms with Crippen LogP contribution in [0.4, 0.5) is 5.69 Å². The minimum Gasteiger partial charge on any atom is -0.497 e. The van der Waals surface area contributed by atoms with E-state index in [1.807, 2.05) is 64.5 Å². The van der Waals surface area contributed by atoms with Crippen molar-refractivity contribution >= 4 is 27.9 Å². The summed E-state index contributed by atoms with van der Waals surface area (Å²) in [4.78, 5) is 18.3. The van der Waals surface area contributed by atoms with E-state index in [-0.39, 0.29) is 5.91 Å². The zero-order valence-electron chi connectivity index (χ0n) is 15.1. The van der Waals surface area contributed by atoms with Crippen molar-refractivity contribution in [2.24, 2.45) is 0 Å². The van der Waals surface area contributed by atoms with Gasteiger partial charge in [0.25, 0.3) is 5.91 Å². The molecule has 1 N–H and O–H groups in total. The normalized spacial score (nSPS) is 10.9. The fourth-order valence-electron chi connectivity index (χ4n) is 3.01. The van der Waals surface area contributed by atoms with Crippen molar-refractivity contribution in [1.29, 1.82) is 0 Å². The van der Waals surface area contributed by atoms with Gasteiger partial charge in [0.15, 0.2) is 4.96 Å². The first-order valence-electron chi connectivity index (χ1n) is 8.70. The quantitative estimate of drug-likeness (QED) is 0.539. The van der Waals surface area contributed by atoms with Gasteiger partial charge in [0.05, 0.1) is 12.8 Å². The highest BCUT2D eigenvalue weighted by Gasteiger charge is 2.16. The van der Waals surface area contributed by atoms with Gasteiger partial charge in [-0.05, 0) is 30.2 Å². The number of fused-ring (bicyclic) bond motifs is 1. The van der Waals surface area contributed by atoms with Crippen molar-refractivity contribution in [2.75, 3.05) is 12.4 Å². The number of nitrogens with one attached hydrogen (secondary N) is 1. The van der Waals surface area contributed by atoms with Gasteiger partial charge in [0, 0.05) is 22.8 Å². The number of benzene rings is 2. The molecule has 0 saturated carbocycles. The van der Waals surface area contributed by atoms with E-state index >= 15 is 0 Å². The van der Waals surface area contributed by atoms with E-state index in [4.69, 9.17) is 4.74 Å². The lowest BCUT2D eigenvalue weighted by molar-refractivity contribution is 0.102. The van der Waals surface area contributed by atoms with Crippen molar-refractivity contribution in [1.82, 2.24) is 9.38 Å². The van der Waals surface area contributed by atoms with Crippen molar-refractivity contribution in [2.45, 2.75) is 13.3 Å². The molecular weight excluding hydrogens is 358 g/mol. The lowest BCUT2D eigenvalue weighted by atomic mass is 10.1. The van der Waals surface area contributed by atoms with E-state index in [1.165, 1.54) is 11.3 Å². The minimum atomic E-state index is -0.142. The van der Waals surface area contributed by atoms with Gasteiger partial charge in [-0.25, -0.2) is 4.98 Å². The third-order valence-corrected chi connectivity index (χ3v) is 5.29. The number of amides is 1. The number of aryl methyl sites for hydroxylation is 1. The number of imidazole rings is 1. The van der Waals surface area contributed by atoms with Crippen LogP contribution in [0.5, 0.6) is 5.75 Å². The summed E-state index contributed by atoms with van der Waals surface area (Å²) in [6, 6.07) is 15.6. The van der Waals surface area contributed by atoms with Crippen LogP contribution in [-0.2, 0) is 6.42 Å². The third kappa shape index (κ3) is 3.31. The summed E-state index contributed by atoms with van der Waals surface area (Å²) in [7, 11) is 1.64. The maximum absolute atomic E-state index is 12.8. The van der Waals surface area contributed by atoms with E-state index in [1.54, 1.807) is 7.11 Å². The van der Waals surface area contributed by atoms with Crippen molar-refractivity contribution in [3.8, 4) is 17.0 Å². The van der Waals surface area contributed by atoms with Gasteiger partial charge in [-0.2, -0.15) is 0 Å². The number of ether oxygens (including phenoxy) is 1. The number of hydrogen-bond donors (Lipinski definition) is 1.